The van der Waals surface area contributed by atoms with Crippen LogP contribution in [0.15, 0.2) is 107 Å². The Morgan fingerprint density at radius 2 is 1.26 bits per heavy atom. The highest BCUT2D eigenvalue weighted by molar-refractivity contribution is 9.10. The first kappa shape index (κ1) is 23.1. The molecule has 2 amide bonds. The maximum atomic E-state index is 13.7. The summed E-state index contributed by atoms with van der Waals surface area (Å²) in [5.74, 6) is -0.884. The molecule has 4 aliphatic rings. The lowest BCUT2D eigenvalue weighted by molar-refractivity contribution is -0.139. The molecule has 1 heterocycles. The predicted octanol–water partition coefficient (Wildman–Crippen LogP) is 6.25. The summed E-state index contributed by atoms with van der Waals surface area (Å²) in [6.07, 6.45) is 1.57. The van der Waals surface area contributed by atoms with Crippen LogP contribution >= 0.6 is 15.9 Å². The molecule has 6 heteroatoms. The maximum absolute atomic E-state index is 13.7. The summed E-state index contributed by atoms with van der Waals surface area (Å²) in [4.78, 5) is 27.4. The lowest BCUT2D eigenvalue weighted by Crippen LogP contribution is -2.41. The van der Waals surface area contributed by atoms with Crippen molar-refractivity contribution in [3.8, 4) is 5.75 Å². The van der Waals surface area contributed by atoms with Gasteiger partial charge in [0.25, 0.3) is 11.8 Å². The predicted molar refractivity (Wildman–Crippen MR) is 148 cm³/mol. The zero-order valence-electron chi connectivity index (χ0n) is 20.3. The van der Waals surface area contributed by atoms with Gasteiger partial charge >= 0.3 is 0 Å². The van der Waals surface area contributed by atoms with Gasteiger partial charge in [0.15, 0.2) is 0 Å². The largest absolute Gasteiger partial charge is 0.488 e. The first-order chi connectivity index (χ1) is 18.6. The minimum Gasteiger partial charge on any atom is -0.488 e. The number of rotatable bonds is 5. The van der Waals surface area contributed by atoms with E-state index in [1.807, 2.05) is 72.8 Å². The van der Waals surface area contributed by atoms with Crippen LogP contribution < -0.4 is 4.74 Å². The van der Waals surface area contributed by atoms with Crippen molar-refractivity contribution >= 4 is 34.0 Å². The number of imide groups is 1. The number of carbonyl (C=O) groups is 2. The molecular formula is C32H23BrN2O3. The minimum absolute atomic E-state index is 0.135. The van der Waals surface area contributed by atoms with Crippen molar-refractivity contribution < 1.29 is 14.3 Å². The molecule has 1 aliphatic heterocycles. The second-order valence-corrected chi connectivity index (χ2v) is 10.8. The average molecular weight is 563 g/mol. The number of halogens is 1. The molecule has 4 aromatic rings. The fourth-order valence-electron chi connectivity index (χ4n) is 6.35. The molecule has 5 nitrogen and oxygen atoms in total. The monoisotopic (exact) mass is 562 g/mol. The highest BCUT2D eigenvalue weighted by Crippen LogP contribution is 2.60. The van der Waals surface area contributed by atoms with E-state index >= 15 is 0 Å². The van der Waals surface area contributed by atoms with Crippen LogP contribution in [0, 0.1) is 11.8 Å². The normalized spacial score (nSPS) is 22.9. The Morgan fingerprint density at radius 1 is 0.737 bits per heavy atom. The highest BCUT2D eigenvalue weighted by Gasteiger charge is 2.61. The number of benzene rings is 4. The standard InChI is InChI=1S/C32H23BrN2O3/c33-25-16-20(14-15-26(25)38-18-19-8-2-1-3-9-19)17-34-35-31(36)29-27-21-10-4-5-11-22(21)28(30(29)32(35)37)24-13-7-6-12-23(24)27/h1-17,27-30H,18H2/b34-17-/t27?,28?,29-,30+. The quantitative estimate of drug-likeness (QED) is 0.213. The van der Waals surface area contributed by atoms with Crippen LogP contribution in [-0.2, 0) is 16.2 Å². The third-order valence-corrected chi connectivity index (χ3v) is 8.56. The van der Waals surface area contributed by atoms with Crippen LogP contribution in [0.4, 0.5) is 0 Å². The Morgan fingerprint density at radius 3 is 1.79 bits per heavy atom. The second kappa shape index (κ2) is 9.07. The van der Waals surface area contributed by atoms with Crippen molar-refractivity contribution in [3.63, 3.8) is 0 Å². The molecule has 4 aromatic carbocycles. The average Bonchev–Trinajstić information content (AvgIpc) is 3.21. The fraction of sp³-hybridized carbons (Fsp3) is 0.156. The van der Waals surface area contributed by atoms with Gasteiger partial charge in [-0.1, -0.05) is 78.9 Å². The zero-order valence-corrected chi connectivity index (χ0v) is 21.9. The van der Waals surface area contributed by atoms with Crippen molar-refractivity contribution in [3.05, 3.63) is 135 Å². The number of hydrazone groups is 1. The van der Waals surface area contributed by atoms with Crippen molar-refractivity contribution in [1.29, 1.82) is 0 Å². The molecule has 0 saturated carbocycles. The summed E-state index contributed by atoms with van der Waals surface area (Å²) in [6, 6.07) is 32.0. The van der Waals surface area contributed by atoms with Crippen LogP contribution in [0.1, 0.15) is 45.2 Å². The molecule has 0 N–H and O–H groups in total. The Hall–Kier alpha value is -4.03. The molecule has 1 fully saturated rings. The minimum atomic E-state index is -0.435. The maximum Gasteiger partial charge on any atom is 0.254 e. The Bertz CT molecular complexity index is 1500. The molecule has 2 atom stereocenters. The van der Waals surface area contributed by atoms with Gasteiger partial charge in [-0.2, -0.15) is 10.1 Å². The molecule has 0 radical (unpaired) electrons. The lowest BCUT2D eigenvalue weighted by atomic mass is 9.55. The molecule has 2 bridgehead atoms. The van der Waals surface area contributed by atoms with Crippen LogP contribution in [0.2, 0.25) is 0 Å². The molecule has 186 valence electrons. The van der Waals surface area contributed by atoms with Crippen molar-refractivity contribution in [2.24, 2.45) is 16.9 Å². The highest BCUT2D eigenvalue weighted by atomic mass is 79.9. The van der Waals surface area contributed by atoms with Gasteiger partial charge in [-0.3, -0.25) is 9.59 Å². The van der Waals surface area contributed by atoms with Crippen LogP contribution in [-0.4, -0.2) is 23.0 Å². The zero-order chi connectivity index (χ0) is 25.8. The topological polar surface area (TPSA) is 59.0 Å². The number of hydrogen-bond acceptors (Lipinski definition) is 4. The second-order valence-electron chi connectivity index (χ2n) is 9.96. The van der Waals surface area contributed by atoms with Gasteiger partial charge in [0.1, 0.15) is 12.4 Å². The number of hydrogen-bond donors (Lipinski definition) is 0. The Labute approximate surface area is 228 Å². The summed E-state index contributed by atoms with van der Waals surface area (Å²) in [5, 5.41) is 5.51. The van der Waals surface area contributed by atoms with E-state index in [9.17, 15) is 9.59 Å². The number of amides is 2. The molecule has 8 rings (SSSR count). The van der Waals surface area contributed by atoms with E-state index in [0.29, 0.717) is 12.4 Å². The molecule has 0 aromatic heterocycles. The van der Waals surface area contributed by atoms with Gasteiger partial charge in [0, 0.05) is 11.8 Å². The summed E-state index contributed by atoms with van der Waals surface area (Å²) >= 11 is 3.57. The molecular weight excluding hydrogens is 540 g/mol. The van der Waals surface area contributed by atoms with Gasteiger partial charge in [-0.05, 0) is 67.5 Å². The van der Waals surface area contributed by atoms with E-state index < -0.39 is 11.8 Å². The first-order valence-electron chi connectivity index (χ1n) is 12.7. The third-order valence-electron chi connectivity index (χ3n) is 7.94. The third kappa shape index (κ3) is 3.55. The summed E-state index contributed by atoms with van der Waals surface area (Å²) in [6.45, 7) is 0.458. The van der Waals surface area contributed by atoms with Crippen molar-refractivity contribution in [2.45, 2.75) is 18.4 Å². The molecule has 1 saturated heterocycles. The van der Waals surface area contributed by atoms with Crippen LogP contribution in [0.25, 0.3) is 0 Å². The van der Waals surface area contributed by atoms with Gasteiger partial charge in [-0.25, -0.2) is 0 Å². The van der Waals surface area contributed by atoms with E-state index in [-0.39, 0.29) is 23.7 Å². The number of carbonyl (C=O) groups excluding carboxylic acids is 2. The number of ether oxygens (including phenoxy) is 1. The van der Waals surface area contributed by atoms with E-state index in [1.165, 1.54) is 0 Å². The molecule has 38 heavy (non-hydrogen) atoms. The van der Waals surface area contributed by atoms with E-state index in [1.54, 1.807) is 6.21 Å². The Balaban J connectivity index is 1.16. The van der Waals surface area contributed by atoms with E-state index in [4.69, 9.17) is 4.74 Å². The van der Waals surface area contributed by atoms with Gasteiger partial charge in [0.2, 0.25) is 0 Å². The van der Waals surface area contributed by atoms with Crippen molar-refractivity contribution in [2.75, 3.05) is 0 Å². The summed E-state index contributed by atoms with van der Waals surface area (Å²) in [7, 11) is 0. The summed E-state index contributed by atoms with van der Waals surface area (Å²) in [5.41, 5.74) is 6.45. The van der Waals surface area contributed by atoms with E-state index in [2.05, 4.69) is 45.3 Å². The van der Waals surface area contributed by atoms with Gasteiger partial charge in [-0.15, -0.1) is 0 Å². The van der Waals surface area contributed by atoms with E-state index in [0.717, 1.165) is 42.9 Å². The number of nitrogens with zero attached hydrogens (tertiary/aromatic N) is 2. The SMILES string of the molecule is O=C1[C@@H]2C3c4ccccc4C(c4ccccc43)[C@@H]2C(=O)N1/N=C\c1ccc(OCc2ccccc2)c(Br)c1. The van der Waals surface area contributed by atoms with Crippen LogP contribution in [0.3, 0.4) is 0 Å². The smallest absolute Gasteiger partial charge is 0.254 e. The molecule has 3 aliphatic carbocycles. The van der Waals surface area contributed by atoms with Gasteiger partial charge < -0.3 is 4.74 Å². The van der Waals surface area contributed by atoms with Gasteiger partial charge in [0.05, 0.1) is 22.5 Å². The van der Waals surface area contributed by atoms with Crippen molar-refractivity contribution in [1.82, 2.24) is 5.01 Å². The van der Waals surface area contributed by atoms with Crippen LogP contribution in [0.5, 0.6) is 5.75 Å². The summed E-state index contributed by atoms with van der Waals surface area (Å²) < 4.78 is 6.71. The fourth-order valence-corrected chi connectivity index (χ4v) is 6.86. The molecule has 0 spiro atoms. The Kier molecular flexibility index (Phi) is 5.51. The lowest BCUT2D eigenvalue weighted by Gasteiger charge is -2.45. The first-order valence-corrected chi connectivity index (χ1v) is 13.5. The molecule has 0 unspecified atom stereocenters.